The molecule has 0 unspecified atom stereocenters. The van der Waals surface area contributed by atoms with Gasteiger partial charge >= 0.3 is 5.97 Å². The van der Waals surface area contributed by atoms with Crippen molar-refractivity contribution in [2.24, 2.45) is 0 Å². The van der Waals surface area contributed by atoms with Crippen LogP contribution in [-0.2, 0) is 25.7 Å². The lowest BCUT2D eigenvalue weighted by molar-refractivity contribution is -0.253. The fourth-order valence-electron chi connectivity index (χ4n) is 5.45. The van der Waals surface area contributed by atoms with Crippen molar-refractivity contribution in [3.63, 3.8) is 0 Å². The summed E-state index contributed by atoms with van der Waals surface area (Å²) < 4.78 is 13.0. The summed E-state index contributed by atoms with van der Waals surface area (Å²) >= 11 is 0. The van der Waals surface area contributed by atoms with Crippen LogP contribution in [0.3, 0.4) is 0 Å². The zero-order valence-corrected chi connectivity index (χ0v) is 22.5. The summed E-state index contributed by atoms with van der Waals surface area (Å²) in [7, 11) is 0. The number of carbonyl (C=O) groups is 2. The summed E-state index contributed by atoms with van der Waals surface area (Å²) in [6, 6.07) is 15.8. The highest BCUT2D eigenvalue weighted by atomic mass is 16.7. The summed E-state index contributed by atoms with van der Waals surface area (Å²) in [6.07, 6.45) is 7.28. The van der Waals surface area contributed by atoms with E-state index in [2.05, 4.69) is 16.8 Å². The van der Waals surface area contributed by atoms with Crippen molar-refractivity contribution in [1.82, 2.24) is 4.90 Å². The molecule has 39 heavy (non-hydrogen) atoms. The average molecular weight is 537 g/mol. The standard InChI is InChI=1S/C31H40N2O6/c1-2-18-33(26-6-3-4-7-26)20-27-19-28(23-12-10-22(21-34)11-13-23)39-31(38-27)24-14-16-25(17-15-24)32-29(35)8-5-9-30(36)37/h2,10-17,26-28,31,34H,1,3-9,18-21H2,(H,32,35)(H,36,37)/t27-,28+,31+/m1/s1. The van der Waals surface area contributed by atoms with Gasteiger partial charge in [-0.2, -0.15) is 0 Å². The van der Waals surface area contributed by atoms with Gasteiger partial charge in [0.05, 0.1) is 18.8 Å². The average Bonchev–Trinajstić information content (AvgIpc) is 3.48. The molecule has 0 aromatic heterocycles. The number of aliphatic carboxylic acids is 1. The second-order valence-electron chi connectivity index (χ2n) is 10.4. The van der Waals surface area contributed by atoms with E-state index in [-0.39, 0.29) is 37.6 Å². The van der Waals surface area contributed by atoms with Gasteiger partial charge in [0.1, 0.15) is 0 Å². The molecule has 4 rings (SSSR count). The molecule has 1 aliphatic carbocycles. The van der Waals surface area contributed by atoms with E-state index in [0.717, 1.165) is 36.2 Å². The van der Waals surface area contributed by atoms with Gasteiger partial charge in [-0.3, -0.25) is 14.5 Å². The van der Waals surface area contributed by atoms with Gasteiger partial charge in [0.2, 0.25) is 5.91 Å². The molecule has 1 heterocycles. The Hall–Kier alpha value is -3.04. The maximum absolute atomic E-state index is 12.2. The Bertz CT molecular complexity index is 1080. The van der Waals surface area contributed by atoms with E-state index < -0.39 is 12.3 Å². The highest BCUT2D eigenvalue weighted by Gasteiger charge is 2.34. The summed E-state index contributed by atoms with van der Waals surface area (Å²) in [5, 5.41) is 21.0. The molecule has 2 fully saturated rings. The van der Waals surface area contributed by atoms with Crippen LogP contribution >= 0.6 is 0 Å². The van der Waals surface area contributed by atoms with Gasteiger partial charge in [-0.25, -0.2) is 0 Å². The van der Waals surface area contributed by atoms with Gasteiger partial charge in [-0.05, 0) is 42.5 Å². The highest BCUT2D eigenvalue weighted by molar-refractivity contribution is 5.90. The molecule has 2 aromatic rings. The van der Waals surface area contributed by atoms with Crippen LogP contribution in [0.1, 0.15) is 80.5 Å². The van der Waals surface area contributed by atoms with E-state index in [1.807, 2.05) is 54.6 Å². The number of anilines is 1. The topological polar surface area (TPSA) is 108 Å². The molecule has 1 amide bonds. The summed E-state index contributed by atoms with van der Waals surface area (Å²) in [4.78, 5) is 25.3. The van der Waals surface area contributed by atoms with Crippen LogP contribution in [-0.4, -0.2) is 52.2 Å². The van der Waals surface area contributed by atoms with E-state index >= 15 is 0 Å². The number of aliphatic hydroxyl groups is 1. The lowest BCUT2D eigenvalue weighted by Gasteiger charge is -2.39. The highest BCUT2D eigenvalue weighted by Crippen LogP contribution is 2.39. The van der Waals surface area contributed by atoms with E-state index in [1.54, 1.807) is 0 Å². The number of nitrogens with one attached hydrogen (secondary N) is 1. The minimum absolute atomic E-state index is 0.000509. The molecule has 1 aliphatic heterocycles. The number of rotatable bonds is 13. The van der Waals surface area contributed by atoms with Crippen LogP contribution in [0, 0.1) is 0 Å². The Labute approximate surface area is 230 Å². The Morgan fingerprint density at radius 2 is 1.69 bits per heavy atom. The van der Waals surface area contributed by atoms with Crippen molar-refractivity contribution >= 4 is 17.6 Å². The smallest absolute Gasteiger partial charge is 0.303 e. The number of hydrogen-bond donors (Lipinski definition) is 3. The molecule has 1 saturated heterocycles. The zero-order chi connectivity index (χ0) is 27.6. The normalized spacial score (nSPS) is 21.6. The van der Waals surface area contributed by atoms with Gasteiger partial charge in [0, 0.05) is 49.6 Å². The predicted molar refractivity (Wildman–Crippen MR) is 149 cm³/mol. The van der Waals surface area contributed by atoms with Crippen molar-refractivity contribution in [3.05, 3.63) is 77.9 Å². The molecular formula is C31H40N2O6. The summed E-state index contributed by atoms with van der Waals surface area (Å²) in [6.45, 7) is 5.60. The van der Waals surface area contributed by atoms with Crippen molar-refractivity contribution in [1.29, 1.82) is 0 Å². The van der Waals surface area contributed by atoms with Crippen LogP contribution in [0.4, 0.5) is 5.69 Å². The molecule has 0 radical (unpaired) electrons. The number of hydrogen-bond acceptors (Lipinski definition) is 6. The fourth-order valence-corrected chi connectivity index (χ4v) is 5.45. The van der Waals surface area contributed by atoms with E-state index in [4.69, 9.17) is 14.6 Å². The van der Waals surface area contributed by atoms with Crippen LogP contribution in [0.25, 0.3) is 0 Å². The predicted octanol–water partition coefficient (Wildman–Crippen LogP) is 5.35. The largest absolute Gasteiger partial charge is 0.481 e. The maximum atomic E-state index is 12.2. The lowest BCUT2D eigenvalue weighted by Crippen LogP contribution is -2.43. The third kappa shape index (κ3) is 8.47. The number of carboxylic acid groups (broad SMARTS) is 1. The number of benzene rings is 2. The van der Waals surface area contributed by atoms with Crippen molar-refractivity contribution in [3.8, 4) is 0 Å². The number of amides is 1. The van der Waals surface area contributed by atoms with E-state index in [0.29, 0.717) is 18.2 Å². The number of carboxylic acids is 1. The van der Waals surface area contributed by atoms with Gasteiger partial charge < -0.3 is 25.0 Å². The quantitative estimate of drug-likeness (QED) is 0.296. The first-order valence-electron chi connectivity index (χ1n) is 13.9. The molecule has 3 N–H and O–H groups in total. The molecule has 0 spiro atoms. The molecule has 8 nitrogen and oxygen atoms in total. The number of aliphatic hydroxyl groups excluding tert-OH is 1. The van der Waals surface area contributed by atoms with Crippen LogP contribution < -0.4 is 5.32 Å². The Balaban J connectivity index is 1.47. The monoisotopic (exact) mass is 536 g/mol. The lowest BCUT2D eigenvalue weighted by atomic mass is 9.99. The molecule has 1 saturated carbocycles. The second-order valence-corrected chi connectivity index (χ2v) is 10.4. The first-order valence-corrected chi connectivity index (χ1v) is 13.9. The second kappa shape index (κ2) is 14.4. The Morgan fingerprint density at radius 3 is 2.33 bits per heavy atom. The van der Waals surface area contributed by atoms with Crippen molar-refractivity contribution in [2.75, 3.05) is 18.4 Å². The third-order valence-corrected chi connectivity index (χ3v) is 7.52. The summed E-state index contributed by atoms with van der Waals surface area (Å²) in [5.74, 6) is -1.12. The third-order valence-electron chi connectivity index (χ3n) is 7.52. The van der Waals surface area contributed by atoms with E-state index in [9.17, 15) is 14.7 Å². The minimum atomic E-state index is -0.906. The number of carbonyl (C=O) groups excluding carboxylic acids is 1. The first kappa shape index (κ1) is 29.0. The Kier molecular flexibility index (Phi) is 10.7. The van der Waals surface area contributed by atoms with Crippen LogP contribution in [0.5, 0.6) is 0 Å². The van der Waals surface area contributed by atoms with Crippen molar-refractivity contribution < 1.29 is 29.3 Å². The first-order chi connectivity index (χ1) is 18.9. The SMILES string of the molecule is C=CCN(C[C@H]1C[C@@H](c2ccc(CO)cc2)O[C@@H](c2ccc(NC(=O)CCCC(=O)O)cc2)O1)C1CCCC1. The fraction of sp³-hybridized carbons (Fsp3) is 0.484. The van der Waals surface area contributed by atoms with Gasteiger partial charge in [-0.15, -0.1) is 6.58 Å². The summed E-state index contributed by atoms with van der Waals surface area (Å²) in [5.41, 5.74) is 3.41. The molecule has 210 valence electrons. The maximum Gasteiger partial charge on any atom is 0.303 e. The van der Waals surface area contributed by atoms with Crippen LogP contribution in [0.15, 0.2) is 61.2 Å². The Morgan fingerprint density at radius 1 is 1.00 bits per heavy atom. The van der Waals surface area contributed by atoms with E-state index in [1.165, 1.54) is 25.7 Å². The molecular weight excluding hydrogens is 496 g/mol. The number of ether oxygens (including phenoxy) is 2. The molecule has 3 atom stereocenters. The van der Waals surface area contributed by atoms with Gasteiger partial charge in [0.25, 0.3) is 0 Å². The molecule has 2 aromatic carbocycles. The van der Waals surface area contributed by atoms with Crippen molar-refractivity contribution in [2.45, 2.75) is 82.5 Å². The van der Waals surface area contributed by atoms with Gasteiger partial charge in [0.15, 0.2) is 6.29 Å². The zero-order valence-electron chi connectivity index (χ0n) is 22.5. The number of nitrogens with zero attached hydrogens (tertiary/aromatic N) is 1. The minimum Gasteiger partial charge on any atom is -0.481 e. The molecule has 8 heteroatoms. The van der Waals surface area contributed by atoms with Gasteiger partial charge in [-0.1, -0.05) is 55.3 Å². The molecule has 0 bridgehead atoms. The van der Waals surface area contributed by atoms with Crippen LogP contribution in [0.2, 0.25) is 0 Å². The molecule has 2 aliphatic rings.